The summed E-state index contributed by atoms with van der Waals surface area (Å²) < 4.78 is 32.3. The molecule has 2 unspecified atom stereocenters. The minimum absolute atomic E-state index is 0.142. The molecule has 0 saturated heterocycles. The van der Waals surface area contributed by atoms with Crippen molar-refractivity contribution in [2.24, 2.45) is 5.73 Å². The summed E-state index contributed by atoms with van der Waals surface area (Å²) in [6, 6.07) is 10.6. The van der Waals surface area contributed by atoms with Crippen molar-refractivity contribution in [1.29, 1.82) is 0 Å². The third kappa shape index (κ3) is 4.02. The van der Waals surface area contributed by atoms with Gasteiger partial charge in [-0.2, -0.15) is 0 Å². The molecule has 2 rings (SSSR count). The molecule has 0 spiro atoms. The average molecular weight is 291 g/mol. The minimum Gasteiger partial charge on any atom is -0.484 e. The van der Waals surface area contributed by atoms with Gasteiger partial charge < -0.3 is 10.5 Å². The molecule has 0 aromatic heterocycles. The standard InChI is InChI=1S/C17H19F2NO/c1-3-16(20)17(12-6-4-5-11(2)7-12)21-15-9-13(18)8-14(19)10-15/h4-10,16-17H,3,20H2,1-2H3. The van der Waals surface area contributed by atoms with Crippen molar-refractivity contribution in [3.05, 3.63) is 65.2 Å². The third-order valence-corrected chi connectivity index (χ3v) is 3.33. The fraction of sp³-hybridized carbons (Fsp3) is 0.294. The molecule has 0 aliphatic carbocycles. The highest BCUT2D eigenvalue weighted by atomic mass is 19.1. The summed E-state index contributed by atoms with van der Waals surface area (Å²) in [5.41, 5.74) is 8.09. The Kier molecular flexibility index (Phi) is 4.91. The van der Waals surface area contributed by atoms with Crippen LogP contribution in [0.15, 0.2) is 42.5 Å². The van der Waals surface area contributed by atoms with Crippen molar-refractivity contribution in [3.63, 3.8) is 0 Å². The molecule has 0 radical (unpaired) electrons. The monoisotopic (exact) mass is 291 g/mol. The Morgan fingerprint density at radius 2 is 1.76 bits per heavy atom. The molecule has 0 bridgehead atoms. The first-order chi connectivity index (χ1) is 9.99. The van der Waals surface area contributed by atoms with E-state index >= 15 is 0 Å². The van der Waals surface area contributed by atoms with Gasteiger partial charge >= 0.3 is 0 Å². The Balaban J connectivity index is 2.32. The molecule has 2 N–H and O–H groups in total. The van der Waals surface area contributed by atoms with Crippen molar-refractivity contribution in [3.8, 4) is 5.75 Å². The van der Waals surface area contributed by atoms with Crippen molar-refractivity contribution in [2.75, 3.05) is 0 Å². The Morgan fingerprint density at radius 1 is 1.10 bits per heavy atom. The smallest absolute Gasteiger partial charge is 0.139 e. The number of benzene rings is 2. The molecule has 112 valence electrons. The number of rotatable bonds is 5. The fourth-order valence-corrected chi connectivity index (χ4v) is 2.21. The number of aryl methyl sites for hydroxylation is 1. The van der Waals surface area contributed by atoms with Crippen molar-refractivity contribution < 1.29 is 13.5 Å². The number of halogens is 2. The topological polar surface area (TPSA) is 35.2 Å². The van der Waals surface area contributed by atoms with Gasteiger partial charge in [-0.05, 0) is 18.9 Å². The maximum Gasteiger partial charge on any atom is 0.139 e. The van der Waals surface area contributed by atoms with Crippen LogP contribution in [0, 0.1) is 18.6 Å². The molecule has 0 amide bonds. The third-order valence-electron chi connectivity index (χ3n) is 3.33. The molecule has 0 saturated carbocycles. The van der Waals surface area contributed by atoms with E-state index < -0.39 is 17.7 Å². The second-order valence-electron chi connectivity index (χ2n) is 5.13. The van der Waals surface area contributed by atoms with Gasteiger partial charge in [-0.25, -0.2) is 8.78 Å². The van der Waals surface area contributed by atoms with Gasteiger partial charge in [0.05, 0.1) is 0 Å². The summed E-state index contributed by atoms with van der Waals surface area (Å²) >= 11 is 0. The Hall–Kier alpha value is -1.94. The molecular formula is C17H19F2NO. The van der Waals surface area contributed by atoms with Gasteiger partial charge in [0, 0.05) is 24.2 Å². The molecule has 2 aromatic rings. The highest BCUT2D eigenvalue weighted by molar-refractivity contribution is 5.29. The zero-order chi connectivity index (χ0) is 15.4. The number of ether oxygens (including phenoxy) is 1. The Morgan fingerprint density at radius 3 is 2.33 bits per heavy atom. The van der Waals surface area contributed by atoms with Crippen LogP contribution in [-0.2, 0) is 0 Å². The highest BCUT2D eigenvalue weighted by Crippen LogP contribution is 2.27. The van der Waals surface area contributed by atoms with E-state index in [0.717, 1.165) is 29.3 Å². The molecule has 0 aliphatic heterocycles. The lowest BCUT2D eigenvalue weighted by Gasteiger charge is -2.25. The maximum atomic E-state index is 13.3. The largest absolute Gasteiger partial charge is 0.484 e. The Labute approximate surface area is 123 Å². The lowest BCUT2D eigenvalue weighted by Crippen LogP contribution is -2.31. The molecule has 0 heterocycles. The van der Waals surface area contributed by atoms with Gasteiger partial charge in [-0.15, -0.1) is 0 Å². The highest BCUT2D eigenvalue weighted by Gasteiger charge is 2.21. The molecule has 0 aliphatic rings. The van der Waals surface area contributed by atoms with Crippen molar-refractivity contribution >= 4 is 0 Å². The Bertz CT molecular complexity index is 595. The van der Waals surface area contributed by atoms with E-state index in [-0.39, 0.29) is 11.8 Å². The van der Waals surface area contributed by atoms with Gasteiger partial charge in [0.2, 0.25) is 0 Å². The average Bonchev–Trinajstić information content (AvgIpc) is 2.43. The van der Waals surface area contributed by atoms with Crippen LogP contribution < -0.4 is 10.5 Å². The quantitative estimate of drug-likeness (QED) is 0.899. The van der Waals surface area contributed by atoms with Gasteiger partial charge in [0.1, 0.15) is 23.5 Å². The van der Waals surface area contributed by atoms with Gasteiger partial charge in [0.25, 0.3) is 0 Å². The summed E-state index contributed by atoms with van der Waals surface area (Å²) in [6.45, 7) is 3.92. The lowest BCUT2D eigenvalue weighted by atomic mass is 9.99. The van der Waals surface area contributed by atoms with Crippen molar-refractivity contribution in [2.45, 2.75) is 32.4 Å². The van der Waals surface area contributed by atoms with Crippen molar-refractivity contribution in [1.82, 2.24) is 0 Å². The number of hydrogen-bond acceptors (Lipinski definition) is 2. The van der Waals surface area contributed by atoms with Crippen LogP contribution in [0.2, 0.25) is 0 Å². The first-order valence-electron chi connectivity index (χ1n) is 6.94. The zero-order valence-electron chi connectivity index (χ0n) is 12.1. The number of hydrogen-bond donors (Lipinski definition) is 1. The van der Waals surface area contributed by atoms with Crippen LogP contribution in [0.5, 0.6) is 5.75 Å². The predicted octanol–water partition coefficient (Wildman–Crippen LogP) is 4.13. The molecule has 0 fully saturated rings. The molecular weight excluding hydrogens is 272 g/mol. The summed E-state index contributed by atoms with van der Waals surface area (Å²) in [6.07, 6.45) is 0.243. The van der Waals surface area contributed by atoms with E-state index in [0.29, 0.717) is 6.42 Å². The summed E-state index contributed by atoms with van der Waals surface area (Å²) in [5.74, 6) is -1.20. The molecule has 4 heteroatoms. The first kappa shape index (κ1) is 15.4. The van der Waals surface area contributed by atoms with E-state index in [4.69, 9.17) is 10.5 Å². The molecule has 2 aromatic carbocycles. The van der Waals surface area contributed by atoms with E-state index in [9.17, 15) is 8.78 Å². The minimum atomic E-state index is -0.668. The molecule has 2 nitrogen and oxygen atoms in total. The van der Waals surface area contributed by atoms with Gasteiger partial charge in [-0.3, -0.25) is 0 Å². The summed E-state index contributed by atoms with van der Waals surface area (Å²) in [4.78, 5) is 0. The van der Waals surface area contributed by atoms with Crippen LogP contribution in [0.3, 0.4) is 0 Å². The fourth-order valence-electron chi connectivity index (χ4n) is 2.21. The number of nitrogens with two attached hydrogens (primary N) is 1. The zero-order valence-corrected chi connectivity index (χ0v) is 12.1. The first-order valence-corrected chi connectivity index (χ1v) is 6.94. The van der Waals surface area contributed by atoms with Gasteiger partial charge in [-0.1, -0.05) is 36.8 Å². The van der Waals surface area contributed by atoms with Crippen LogP contribution in [0.25, 0.3) is 0 Å². The molecule has 2 atom stereocenters. The van der Waals surface area contributed by atoms with Crippen LogP contribution >= 0.6 is 0 Å². The van der Waals surface area contributed by atoms with Crippen LogP contribution in [0.1, 0.15) is 30.6 Å². The lowest BCUT2D eigenvalue weighted by molar-refractivity contribution is 0.169. The summed E-state index contributed by atoms with van der Waals surface area (Å²) in [5, 5.41) is 0. The normalized spacial score (nSPS) is 13.8. The second-order valence-corrected chi connectivity index (χ2v) is 5.13. The van der Waals surface area contributed by atoms with E-state index in [1.54, 1.807) is 0 Å². The maximum absolute atomic E-state index is 13.3. The van der Waals surface area contributed by atoms with E-state index in [1.807, 2.05) is 38.1 Å². The van der Waals surface area contributed by atoms with Gasteiger partial charge in [0.15, 0.2) is 0 Å². The predicted molar refractivity (Wildman–Crippen MR) is 79.2 cm³/mol. The van der Waals surface area contributed by atoms with Crippen LogP contribution in [-0.4, -0.2) is 6.04 Å². The summed E-state index contributed by atoms with van der Waals surface area (Å²) in [7, 11) is 0. The molecule has 21 heavy (non-hydrogen) atoms. The van der Waals surface area contributed by atoms with E-state index in [1.165, 1.54) is 0 Å². The van der Waals surface area contributed by atoms with E-state index in [2.05, 4.69) is 0 Å². The van der Waals surface area contributed by atoms with Crippen LogP contribution in [0.4, 0.5) is 8.78 Å². The second kappa shape index (κ2) is 6.68. The SMILES string of the molecule is CCC(N)C(Oc1cc(F)cc(F)c1)c1cccc(C)c1.